The van der Waals surface area contributed by atoms with Crippen LogP contribution in [0.25, 0.3) is 0 Å². The van der Waals surface area contributed by atoms with Crippen molar-refractivity contribution in [2.24, 2.45) is 5.92 Å². The number of hydrogen-bond donors (Lipinski definition) is 1. The predicted octanol–water partition coefficient (Wildman–Crippen LogP) is 2.44. The highest BCUT2D eigenvalue weighted by Crippen LogP contribution is 2.27. The third-order valence-corrected chi connectivity index (χ3v) is 5.71. The summed E-state index contributed by atoms with van der Waals surface area (Å²) in [5.74, 6) is 1.61. The van der Waals surface area contributed by atoms with Crippen LogP contribution in [0.1, 0.15) is 17.2 Å². The molecule has 4 rings (SSSR count). The number of benzene rings is 2. The van der Waals surface area contributed by atoms with E-state index in [-0.39, 0.29) is 17.9 Å². The van der Waals surface area contributed by atoms with Crippen molar-refractivity contribution < 1.29 is 19.0 Å². The number of hydrogen-bond acceptors (Lipinski definition) is 5. The van der Waals surface area contributed by atoms with E-state index in [2.05, 4.69) is 22.3 Å². The molecule has 1 N–H and O–H groups in total. The van der Waals surface area contributed by atoms with Gasteiger partial charge >= 0.3 is 0 Å². The van der Waals surface area contributed by atoms with Crippen molar-refractivity contribution in [3.05, 3.63) is 59.7 Å². The van der Waals surface area contributed by atoms with Crippen LogP contribution in [-0.4, -0.2) is 57.4 Å². The first kappa shape index (κ1) is 19.7. The van der Waals surface area contributed by atoms with Gasteiger partial charge in [-0.05, 0) is 35.7 Å². The van der Waals surface area contributed by atoms with Crippen LogP contribution in [0, 0.1) is 5.92 Å². The SMILES string of the molecule is COc1ccc(C(CNC(=O)C2COc3ccccc3C2)N2CCOCC2)cc1. The van der Waals surface area contributed by atoms with Crippen LogP contribution in [0.15, 0.2) is 48.5 Å². The Hall–Kier alpha value is -2.57. The lowest BCUT2D eigenvalue weighted by Crippen LogP contribution is -2.45. The second-order valence-corrected chi connectivity index (χ2v) is 7.50. The number of fused-ring (bicyclic) bond motifs is 1. The smallest absolute Gasteiger partial charge is 0.226 e. The van der Waals surface area contributed by atoms with Gasteiger partial charge in [-0.25, -0.2) is 0 Å². The quantitative estimate of drug-likeness (QED) is 0.813. The normalized spacial score (nSPS) is 20.2. The van der Waals surface area contributed by atoms with E-state index in [1.165, 1.54) is 5.56 Å². The zero-order chi connectivity index (χ0) is 20.1. The minimum Gasteiger partial charge on any atom is -0.497 e. The van der Waals surface area contributed by atoms with Crippen LogP contribution >= 0.6 is 0 Å². The first-order chi connectivity index (χ1) is 14.2. The summed E-state index contributed by atoms with van der Waals surface area (Å²) in [7, 11) is 1.67. The van der Waals surface area contributed by atoms with Crippen molar-refractivity contribution in [2.45, 2.75) is 12.5 Å². The molecule has 0 bridgehead atoms. The summed E-state index contributed by atoms with van der Waals surface area (Å²) < 4.78 is 16.6. The van der Waals surface area contributed by atoms with Crippen LogP contribution in [0.2, 0.25) is 0 Å². The fourth-order valence-corrected chi connectivity index (χ4v) is 4.01. The summed E-state index contributed by atoms with van der Waals surface area (Å²) in [6.45, 7) is 4.12. The predicted molar refractivity (Wildman–Crippen MR) is 110 cm³/mol. The number of nitrogens with zero attached hydrogens (tertiary/aromatic N) is 1. The van der Waals surface area contributed by atoms with Gasteiger partial charge < -0.3 is 19.5 Å². The fourth-order valence-electron chi connectivity index (χ4n) is 4.01. The Morgan fingerprint density at radius 3 is 2.69 bits per heavy atom. The Morgan fingerprint density at radius 2 is 1.93 bits per heavy atom. The van der Waals surface area contributed by atoms with Crippen LogP contribution in [0.5, 0.6) is 11.5 Å². The molecule has 1 saturated heterocycles. The van der Waals surface area contributed by atoms with Gasteiger partial charge in [-0.1, -0.05) is 30.3 Å². The maximum absolute atomic E-state index is 12.9. The Bertz CT molecular complexity index is 818. The van der Waals surface area contributed by atoms with E-state index in [1.54, 1.807) is 7.11 Å². The van der Waals surface area contributed by atoms with Crippen LogP contribution in [-0.2, 0) is 16.0 Å². The summed E-state index contributed by atoms with van der Waals surface area (Å²) in [6.07, 6.45) is 0.715. The molecule has 1 fully saturated rings. The molecule has 0 aliphatic carbocycles. The lowest BCUT2D eigenvalue weighted by molar-refractivity contribution is -0.126. The van der Waals surface area contributed by atoms with Crippen molar-refractivity contribution in [1.29, 1.82) is 0 Å². The zero-order valence-corrected chi connectivity index (χ0v) is 16.8. The van der Waals surface area contributed by atoms with Gasteiger partial charge in [0.25, 0.3) is 0 Å². The molecule has 2 heterocycles. The van der Waals surface area contributed by atoms with Crippen molar-refractivity contribution in [3.8, 4) is 11.5 Å². The molecular weight excluding hydrogens is 368 g/mol. The standard InChI is InChI=1S/C23H28N2O4/c1-27-20-8-6-17(7-9-20)21(25-10-12-28-13-11-25)15-24-23(26)19-14-18-4-2-3-5-22(18)29-16-19/h2-9,19,21H,10-16H2,1H3,(H,24,26). The Morgan fingerprint density at radius 1 is 1.17 bits per heavy atom. The number of para-hydroxylation sites is 1. The molecular formula is C23H28N2O4. The maximum atomic E-state index is 12.9. The highest BCUT2D eigenvalue weighted by atomic mass is 16.5. The number of morpholine rings is 1. The van der Waals surface area contributed by atoms with Crippen molar-refractivity contribution >= 4 is 5.91 Å². The molecule has 29 heavy (non-hydrogen) atoms. The highest BCUT2D eigenvalue weighted by molar-refractivity contribution is 5.79. The van der Waals surface area contributed by atoms with Crippen molar-refractivity contribution in [1.82, 2.24) is 10.2 Å². The van der Waals surface area contributed by atoms with Gasteiger partial charge in [0, 0.05) is 19.6 Å². The number of nitrogens with one attached hydrogen (secondary N) is 1. The van der Waals surface area contributed by atoms with Gasteiger partial charge in [0.15, 0.2) is 0 Å². The molecule has 2 aromatic carbocycles. The fraction of sp³-hybridized carbons (Fsp3) is 0.435. The van der Waals surface area contributed by atoms with E-state index in [0.717, 1.165) is 30.2 Å². The van der Waals surface area contributed by atoms with Crippen LogP contribution < -0.4 is 14.8 Å². The number of rotatable bonds is 6. The van der Waals surface area contributed by atoms with E-state index in [9.17, 15) is 4.79 Å². The van der Waals surface area contributed by atoms with E-state index in [1.807, 2.05) is 36.4 Å². The molecule has 0 spiro atoms. The number of carbonyl (C=O) groups excluding carboxylic acids is 1. The van der Waals surface area contributed by atoms with Gasteiger partial charge in [-0.3, -0.25) is 9.69 Å². The molecule has 6 nitrogen and oxygen atoms in total. The third kappa shape index (κ3) is 4.71. The monoisotopic (exact) mass is 396 g/mol. The Labute approximate surface area is 171 Å². The number of amides is 1. The van der Waals surface area contributed by atoms with Crippen molar-refractivity contribution in [3.63, 3.8) is 0 Å². The maximum Gasteiger partial charge on any atom is 0.226 e. The number of methoxy groups -OCH3 is 1. The lowest BCUT2D eigenvalue weighted by atomic mass is 9.95. The summed E-state index contributed by atoms with van der Waals surface area (Å²) >= 11 is 0. The van der Waals surface area contributed by atoms with Crippen LogP contribution in [0.3, 0.4) is 0 Å². The molecule has 2 aromatic rings. The average Bonchev–Trinajstić information content (AvgIpc) is 2.80. The summed E-state index contributed by atoms with van der Waals surface area (Å²) in [5, 5.41) is 3.17. The topological polar surface area (TPSA) is 60.0 Å². The first-order valence-corrected chi connectivity index (χ1v) is 10.2. The van der Waals surface area contributed by atoms with Gasteiger partial charge in [0.2, 0.25) is 5.91 Å². The van der Waals surface area contributed by atoms with E-state index in [0.29, 0.717) is 32.8 Å². The first-order valence-electron chi connectivity index (χ1n) is 10.2. The molecule has 2 atom stereocenters. The Kier molecular flexibility index (Phi) is 6.32. The third-order valence-electron chi connectivity index (χ3n) is 5.71. The summed E-state index contributed by atoms with van der Waals surface area (Å²) in [5.41, 5.74) is 2.26. The molecule has 0 saturated carbocycles. The molecule has 6 heteroatoms. The molecule has 1 amide bonds. The average molecular weight is 396 g/mol. The van der Waals surface area contributed by atoms with Crippen molar-refractivity contribution in [2.75, 3.05) is 46.6 Å². The minimum atomic E-state index is -0.161. The molecule has 2 aliphatic heterocycles. The summed E-state index contributed by atoms with van der Waals surface area (Å²) in [6, 6.07) is 16.1. The molecule has 2 unspecified atom stereocenters. The number of carbonyl (C=O) groups is 1. The van der Waals surface area contributed by atoms with Gasteiger partial charge in [0.05, 0.1) is 32.3 Å². The second kappa shape index (κ2) is 9.29. The van der Waals surface area contributed by atoms with E-state index in [4.69, 9.17) is 14.2 Å². The largest absolute Gasteiger partial charge is 0.497 e. The minimum absolute atomic E-state index is 0.0475. The van der Waals surface area contributed by atoms with Gasteiger partial charge in [0.1, 0.15) is 18.1 Å². The van der Waals surface area contributed by atoms with Gasteiger partial charge in [-0.15, -0.1) is 0 Å². The highest BCUT2D eigenvalue weighted by Gasteiger charge is 2.28. The molecule has 0 radical (unpaired) electrons. The summed E-state index contributed by atoms with van der Waals surface area (Å²) in [4.78, 5) is 15.2. The molecule has 154 valence electrons. The second-order valence-electron chi connectivity index (χ2n) is 7.50. The Balaban J connectivity index is 1.42. The zero-order valence-electron chi connectivity index (χ0n) is 16.8. The molecule has 0 aromatic heterocycles. The van der Waals surface area contributed by atoms with E-state index >= 15 is 0 Å². The van der Waals surface area contributed by atoms with Gasteiger partial charge in [-0.2, -0.15) is 0 Å². The number of ether oxygens (including phenoxy) is 3. The van der Waals surface area contributed by atoms with Crippen LogP contribution in [0.4, 0.5) is 0 Å². The lowest BCUT2D eigenvalue weighted by Gasteiger charge is -2.35. The molecule has 2 aliphatic rings. The van der Waals surface area contributed by atoms with E-state index < -0.39 is 0 Å².